The van der Waals surface area contributed by atoms with Crippen LogP contribution in [0.5, 0.6) is 0 Å². The van der Waals surface area contributed by atoms with Crippen LogP contribution in [0.2, 0.25) is 0 Å². The predicted molar refractivity (Wildman–Crippen MR) is 30.8 cm³/mol. The molecule has 0 rings (SSSR count). The standard InChI is InChI=1S/C6H13O/c1-5(2)7-6(3)4/h5H,1-4H3/q+1. The maximum Gasteiger partial charge on any atom is 0.235 e. The molecular formula is C6H13O+. The molecule has 0 saturated carbocycles. The van der Waals surface area contributed by atoms with Crippen molar-refractivity contribution < 1.29 is 4.74 Å². The zero-order valence-electron chi connectivity index (χ0n) is 5.49. The van der Waals surface area contributed by atoms with E-state index in [4.69, 9.17) is 4.74 Å². The van der Waals surface area contributed by atoms with Gasteiger partial charge in [0, 0.05) is 0 Å². The summed E-state index contributed by atoms with van der Waals surface area (Å²) in [4.78, 5) is 0. The average Bonchev–Trinajstić information content (AvgIpc) is 1.27. The summed E-state index contributed by atoms with van der Waals surface area (Å²) in [5, 5.41) is 0. The van der Waals surface area contributed by atoms with Crippen molar-refractivity contribution in [3.05, 3.63) is 6.10 Å². The van der Waals surface area contributed by atoms with E-state index in [1.807, 2.05) is 27.7 Å². The Morgan fingerprint density at radius 2 is 1.71 bits per heavy atom. The van der Waals surface area contributed by atoms with E-state index in [-0.39, 0.29) is 0 Å². The van der Waals surface area contributed by atoms with Gasteiger partial charge in [-0.05, 0) is 13.8 Å². The fourth-order valence-corrected chi connectivity index (χ4v) is 0.471. The molecule has 0 aromatic heterocycles. The van der Waals surface area contributed by atoms with Gasteiger partial charge in [-0.2, -0.15) is 4.74 Å². The molecule has 0 aliphatic heterocycles. The van der Waals surface area contributed by atoms with Crippen LogP contribution in [0.25, 0.3) is 0 Å². The first-order valence-corrected chi connectivity index (χ1v) is 2.59. The molecule has 0 spiro atoms. The molecule has 0 unspecified atom stereocenters. The van der Waals surface area contributed by atoms with Crippen molar-refractivity contribution in [1.82, 2.24) is 0 Å². The van der Waals surface area contributed by atoms with Crippen LogP contribution >= 0.6 is 0 Å². The van der Waals surface area contributed by atoms with Crippen molar-refractivity contribution in [3.63, 3.8) is 0 Å². The molecule has 0 N–H and O–H groups in total. The summed E-state index contributed by atoms with van der Waals surface area (Å²) >= 11 is 0. The molecule has 0 atom stereocenters. The predicted octanol–water partition coefficient (Wildman–Crippen LogP) is 1.98. The highest BCUT2D eigenvalue weighted by molar-refractivity contribution is 4.61. The molecule has 1 nitrogen and oxygen atoms in total. The number of hydrogen-bond acceptors (Lipinski definition) is 1. The van der Waals surface area contributed by atoms with Crippen LogP contribution in [0.3, 0.4) is 0 Å². The number of hydrogen-bond donors (Lipinski definition) is 0. The van der Waals surface area contributed by atoms with E-state index in [2.05, 4.69) is 0 Å². The first kappa shape index (κ1) is 6.83. The van der Waals surface area contributed by atoms with Crippen LogP contribution in [0, 0.1) is 6.10 Å². The molecule has 0 fully saturated rings. The maximum absolute atomic E-state index is 5.17. The summed E-state index contributed by atoms with van der Waals surface area (Å²) in [5.74, 6) is 0. The molecule has 0 saturated heterocycles. The van der Waals surface area contributed by atoms with E-state index in [1.165, 1.54) is 0 Å². The van der Waals surface area contributed by atoms with Gasteiger partial charge < -0.3 is 0 Å². The Labute approximate surface area is 45.7 Å². The molecule has 42 valence electrons. The van der Waals surface area contributed by atoms with E-state index in [9.17, 15) is 0 Å². The molecule has 0 heterocycles. The van der Waals surface area contributed by atoms with Crippen molar-refractivity contribution in [2.75, 3.05) is 0 Å². The first-order chi connectivity index (χ1) is 3.13. The van der Waals surface area contributed by atoms with E-state index in [0.717, 1.165) is 6.10 Å². The Hall–Kier alpha value is -0.170. The average molecular weight is 101 g/mol. The molecular weight excluding hydrogens is 88.1 g/mol. The monoisotopic (exact) mass is 101 g/mol. The highest BCUT2D eigenvalue weighted by Crippen LogP contribution is 2.01. The second-order valence-electron chi connectivity index (χ2n) is 2.07. The molecule has 0 aliphatic carbocycles. The Kier molecular flexibility index (Phi) is 2.84. The summed E-state index contributed by atoms with van der Waals surface area (Å²) < 4.78 is 5.17. The normalized spacial score (nSPS) is 9.86. The van der Waals surface area contributed by atoms with E-state index in [1.54, 1.807) is 0 Å². The molecule has 0 amide bonds. The van der Waals surface area contributed by atoms with Crippen LogP contribution in [0.1, 0.15) is 27.7 Å². The van der Waals surface area contributed by atoms with Gasteiger partial charge in [0.1, 0.15) is 20.0 Å². The molecule has 7 heavy (non-hydrogen) atoms. The molecule has 0 aromatic rings. The smallest absolute Gasteiger partial charge is 0.192 e. The lowest BCUT2D eigenvalue weighted by Gasteiger charge is -1.96. The second kappa shape index (κ2) is 2.92. The Bertz CT molecular complexity index is 33.4. The van der Waals surface area contributed by atoms with Gasteiger partial charge in [-0.25, -0.2) is 0 Å². The number of ether oxygens (including phenoxy) is 1. The largest absolute Gasteiger partial charge is 0.235 e. The van der Waals surface area contributed by atoms with Crippen molar-refractivity contribution in [1.29, 1.82) is 0 Å². The molecule has 0 radical (unpaired) electrons. The van der Waals surface area contributed by atoms with Crippen molar-refractivity contribution in [2.24, 2.45) is 0 Å². The zero-order valence-corrected chi connectivity index (χ0v) is 5.49. The fourth-order valence-electron chi connectivity index (χ4n) is 0.471. The Morgan fingerprint density at radius 1 is 1.29 bits per heavy atom. The van der Waals surface area contributed by atoms with Crippen LogP contribution < -0.4 is 0 Å². The van der Waals surface area contributed by atoms with Crippen molar-refractivity contribution >= 4 is 0 Å². The van der Waals surface area contributed by atoms with Gasteiger partial charge in [0.05, 0.1) is 0 Å². The van der Waals surface area contributed by atoms with E-state index >= 15 is 0 Å². The van der Waals surface area contributed by atoms with Crippen molar-refractivity contribution in [3.8, 4) is 0 Å². The third kappa shape index (κ3) is 5.83. The lowest BCUT2D eigenvalue weighted by Crippen LogP contribution is -2.02. The quantitative estimate of drug-likeness (QED) is 0.483. The lowest BCUT2D eigenvalue weighted by molar-refractivity contribution is 0.0989. The fraction of sp³-hybridized carbons (Fsp3) is 0.833. The second-order valence-corrected chi connectivity index (χ2v) is 2.07. The summed E-state index contributed by atoms with van der Waals surface area (Å²) in [5.41, 5.74) is 0. The van der Waals surface area contributed by atoms with Gasteiger partial charge in [0.15, 0.2) is 0 Å². The van der Waals surface area contributed by atoms with Gasteiger partial charge >= 0.3 is 0 Å². The Balaban J connectivity index is 2.95. The molecule has 0 bridgehead atoms. The Morgan fingerprint density at radius 3 is 1.71 bits per heavy atom. The third-order valence-electron chi connectivity index (χ3n) is 0.471. The topological polar surface area (TPSA) is 9.23 Å². The minimum absolute atomic E-state index is 0.338. The minimum atomic E-state index is 0.338. The zero-order chi connectivity index (χ0) is 5.86. The van der Waals surface area contributed by atoms with Gasteiger partial charge in [-0.15, -0.1) is 0 Å². The van der Waals surface area contributed by atoms with Gasteiger partial charge in [0.25, 0.3) is 0 Å². The summed E-state index contributed by atoms with van der Waals surface area (Å²) in [7, 11) is 0. The molecule has 0 aliphatic rings. The SMILES string of the molecule is C[C+](C)OC(C)C. The van der Waals surface area contributed by atoms with Gasteiger partial charge in [-0.3, -0.25) is 0 Å². The molecule has 0 aromatic carbocycles. The van der Waals surface area contributed by atoms with Crippen LogP contribution in [-0.2, 0) is 4.74 Å². The lowest BCUT2D eigenvalue weighted by atomic mass is 10.4. The summed E-state index contributed by atoms with van der Waals surface area (Å²) in [6.45, 7) is 7.96. The highest BCUT2D eigenvalue weighted by atomic mass is 16.5. The minimum Gasteiger partial charge on any atom is -0.192 e. The van der Waals surface area contributed by atoms with Crippen molar-refractivity contribution in [2.45, 2.75) is 33.8 Å². The summed E-state index contributed by atoms with van der Waals surface area (Å²) in [6, 6.07) is 0. The third-order valence-corrected chi connectivity index (χ3v) is 0.471. The van der Waals surface area contributed by atoms with Crippen LogP contribution in [0.15, 0.2) is 0 Å². The van der Waals surface area contributed by atoms with E-state index in [0.29, 0.717) is 6.10 Å². The van der Waals surface area contributed by atoms with Gasteiger partial charge in [0.2, 0.25) is 6.10 Å². The van der Waals surface area contributed by atoms with E-state index < -0.39 is 0 Å². The highest BCUT2D eigenvalue weighted by Gasteiger charge is 2.06. The van der Waals surface area contributed by atoms with Gasteiger partial charge in [-0.1, -0.05) is 0 Å². The number of rotatable bonds is 2. The van der Waals surface area contributed by atoms with Crippen LogP contribution in [-0.4, -0.2) is 6.10 Å². The first-order valence-electron chi connectivity index (χ1n) is 2.59. The summed E-state index contributed by atoms with van der Waals surface area (Å²) in [6.07, 6.45) is 1.38. The van der Waals surface area contributed by atoms with Crippen LogP contribution in [0.4, 0.5) is 0 Å². The maximum atomic E-state index is 5.17. The molecule has 1 heteroatoms.